The number of aromatic nitrogens is 3. The molecule has 1 N–H and O–H groups in total. The quantitative estimate of drug-likeness (QED) is 0.438. The van der Waals surface area contributed by atoms with Gasteiger partial charge in [-0.05, 0) is 44.2 Å². The van der Waals surface area contributed by atoms with Gasteiger partial charge in [-0.15, -0.1) is 0 Å². The normalized spacial score (nSPS) is 15.1. The van der Waals surface area contributed by atoms with Crippen LogP contribution in [0.3, 0.4) is 0 Å². The molecular weight excluding hydrogens is 428 g/mol. The Balaban J connectivity index is 1.37. The predicted molar refractivity (Wildman–Crippen MR) is 129 cm³/mol. The molecule has 4 aromatic rings. The van der Waals surface area contributed by atoms with E-state index in [4.69, 9.17) is 9.26 Å². The lowest BCUT2D eigenvalue weighted by molar-refractivity contribution is 0.101. The Labute approximate surface area is 198 Å². The summed E-state index contributed by atoms with van der Waals surface area (Å²) in [5, 5.41) is 11.8. The van der Waals surface area contributed by atoms with Crippen LogP contribution in [0.25, 0.3) is 0 Å². The zero-order chi connectivity index (χ0) is 23.7. The standard InChI is InChI=1S/C27H28N4O3/c1-17-25(18(2)31(29-17)16-21-11-7-8-12-23(21)33-3)28-27(32)26-22-15-20(13-14-24(22)34-30-26)19-9-5-4-6-10-19/h4-12,20H,13-16H2,1-3H3,(H,28,32). The van der Waals surface area contributed by atoms with Gasteiger partial charge in [0.15, 0.2) is 5.69 Å². The van der Waals surface area contributed by atoms with Crippen molar-refractivity contribution >= 4 is 11.6 Å². The Morgan fingerprint density at radius 2 is 1.91 bits per heavy atom. The molecule has 1 aliphatic carbocycles. The van der Waals surface area contributed by atoms with Crippen LogP contribution in [0.5, 0.6) is 5.75 Å². The molecule has 0 saturated heterocycles. The SMILES string of the molecule is COc1ccccc1Cn1nc(C)c(NC(=O)c2noc3c2CC(c2ccccc2)CC3)c1C. The number of ether oxygens (including phenoxy) is 1. The highest BCUT2D eigenvalue weighted by atomic mass is 16.5. The van der Waals surface area contributed by atoms with E-state index >= 15 is 0 Å². The molecule has 5 rings (SSSR count). The van der Waals surface area contributed by atoms with E-state index < -0.39 is 0 Å². The fourth-order valence-corrected chi connectivity index (χ4v) is 4.79. The lowest BCUT2D eigenvalue weighted by Gasteiger charge is -2.21. The summed E-state index contributed by atoms with van der Waals surface area (Å²) >= 11 is 0. The van der Waals surface area contributed by atoms with Gasteiger partial charge in [0.25, 0.3) is 5.91 Å². The predicted octanol–water partition coefficient (Wildman–Crippen LogP) is 5.07. The molecule has 7 heteroatoms. The Morgan fingerprint density at radius 1 is 1.15 bits per heavy atom. The van der Waals surface area contributed by atoms with Crippen molar-refractivity contribution in [3.05, 3.63) is 94.1 Å². The molecule has 0 fully saturated rings. The van der Waals surface area contributed by atoms with Crippen LogP contribution in [0, 0.1) is 13.8 Å². The van der Waals surface area contributed by atoms with Gasteiger partial charge < -0.3 is 14.6 Å². The molecule has 1 unspecified atom stereocenters. The summed E-state index contributed by atoms with van der Waals surface area (Å²) in [5.41, 5.74) is 5.90. The van der Waals surface area contributed by atoms with Crippen molar-refractivity contribution < 1.29 is 14.1 Å². The van der Waals surface area contributed by atoms with Gasteiger partial charge >= 0.3 is 0 Å². The highest BCUT2D eigenvalue weighted by Gasteiger charge is 2.30. The van der Waals surface area contributed by atoms with E-state index in [-0.39, 0.29) is 5.91 Å². The minimum absolute atomic E-state index is 0.262. The monoisotopic (exact) mass is 456 g/mol. The molecule has 0 bridgehead atoms. The van der Waals surface area contributed by atoms with E-state index in [0.717, 1.165) is 53.3 Å². The molecule has 2 aromatic carbocycles. The summed E-state index contributed by atoms with van der Waals surface area (Å²) < 4.78 is 12.9. The Morgan fingerprint density at radius 3 is 2.71 bits per heavy atom. The van der Waals surface area contributed by atoms with E-state index in [1.807, 2.05) is 48.9 Å². The number of para-hydroxylation sites is 1. The summed E-state index contributed by atoms with van der Waals surface area (Å²) in [4.78, 5) is 13.3. The second-order valence-electron chi connectivity index (χ2n) is 8.75. The maximum atomic E-state index is 13.3. The first-order chi connectivity index (χ1) is 16.5. The number of rotatable bonds is 6. The Bertz CT molecular complexity index is 1320. The molecular formula is C27H28N4O3. The van der Waals surface area contributed by atoms with Crippen molar-refractivity contribution in [1.29, 1.82) is 0 Å². The molecule has 7 nitrogen and oxygen atoms in total. The van der Waals surface area contributed by atoms with Gasteiger partial charge in [-0.3, -0.25) is 9.48 Å². The average molecular weight is 457 g/mol. The lowest BCUT2D eigenvalue weighted by Crippen LogP contribution is -2.19. The number of carbonyl (C=O) groups excluding carboxylic acids is 1. The molecule has 2 aromatic heterocycles. The number of methoxy groups -OCH3 is 1. The number of hydrogen-bond acceptors (Lipinski definition) is 5. The number of anilines is 1. The van der Waals surface area contributed by atoms with Crippen LogP contribution in [-0.4, -0.2) is 28.0 Å². The number of nitrogens with one attached hydrogen (secondary N) is 1. The fraction of sp³-hybridized carbons (Fsp3) is 0.296. The van der Waals surface area contributed by atoms with E-state index in [1.54, 1.807) is 7.11 Å². The van der Waals surface area contributed by atoms with Gasteiger partial charge in [0.2, 0.25) is 0 Å². The highest BCUT2D eigenvalue weighted by molar-refractivity contribution is 6.04. The third-order valence-corrected chi connectivity index (χ3v) is 6.66. The van der Waals surface area contributed by atoms with Gasteiger partial charge in [0.05, 0.1) is 30.7 Å². The van der Waals surface area contributed by atoms with Gasteiger partial charge in [0, 0.05) is 17.5 Å². The first kappa shape index (κ1) is 21.9. The number of nitrogens with zero attached hydrogens (tertiary/aromatic N) is 3. The van der Waals surface area contributed by atoms with Gasteiger partial charge in [-0.25, -0.2) is 0 Å². The maximum Gasteiger partial charge on any atom is 0.278 e. The summed E-state index contributed by atoms with van der Waals surface area (Å²) in [7, 11) is 1.66. The third kappa shape index (κ3) is 4.09. The summed E-state index contributed by atoms with van der Waals surface area (Å²) in [5.74, 6) is 1.72. The van der Waals surface area contributed by atoms with E-state index in [9.17, 15) is 4.79 Å². The van der Waals surface area contributed by atoms with Gasteiger partial charge in [-0.1, -0.05) is 53.7 Å². The summed E-state index contributed by atoms with van der Waals surface area (Å²) in [6, 6.07) is 18.3. The zero-order valence-corrected chi connectivity index (χ0v) is 19.7. The molecule has 1 amide bonds. The topological polar surface area (TPSA) is 82.2 Å². The van der Waals surface area contributed by atoms with Crippen molar-refractivity contribution in [3.8, 4) is 5.75 Å². The van der Waals surface area contributed by atoms with Crippen LogP contribution in [0.2, 0.25) is 0 Å². The second kappa shape index (κ2) is 9.17. The van der Waals surface area contributed by atoms with E-state index in [1.165, 1.54) is 5.56 Å². The van der Waals surface area contributed by atoms with Crippen molar-refractivity contribution in [2.45, 2.75) is 45.6 Å². The van der Waals surface area contributed by atoms with Crippen LogP contribution in [0.1, 0.15) is 56.7 Å². The average Bonchev–Trinajstić information content (AvgIpc) is 3.41. The first-order valence-electron chi connectivity index (χ1n) is 11.5. The molecule has 1 aliphatic rings. The molecule has 0 spiro atoms. The number of benzene rings is 2. The minimum atomic E-state index is -0.262. The smallest absolute Gasteiger partial charge is 0.278 e. The maximum absolute atomic E-state index is 13.3. The number of fused-ring (bicyclic) bond motifs is 1. The van der Waals surface area contributed by atoms with E-state index in [0.29, 0.717) is 23.8 Å². The van der Waals surface area contributed by atoms with Crippen LogP contribution in [-0.2, 0) is 19.4 Å². The van der Waals surface area contributed by atoms with Crippen molar-refractivity contribution in [2.24, 2.45) is 0 Å². The van der Waals surface area contributed by atoms with Crippen molar-refractivity contribution in [2.75, 3.05) is 12.4 Å². The summed E-state index contributed by atoms with van der Waals surface area (Å²) in [6.45, 7) is 4.39. The molecule has 1 atom stereocenters. The molecule has 0 aliphatic heterocycles. The largest absolute Gasteiger partial charge is 0.496 e. The van der Waals surface area contributed by atoms with Crippen LogP contribution < -0.4 is 10.1 Å². The number of hydrogen-bond donors (Lipinski definition) is 1. The highest BCUT2D eigenvalue weighted by Crippen LogP contribution is 2.35. The molecule has 0 radical (unpaired) electrons. The molecule has 34 heavy (non-hydrogen) atoms. The second-order valence-corrected chi connectivity index (χ2v) is 8.75. The van der Waals surface area contributed by atoms with E-state index in [2.05, 4.69) is 39.8 Å². The Hall–Kier alpha value is -3.87. The minimum Gasteiger partial charge on any atom is -0.496 e. The zero-order valence-electron chi connectivity index (χ0n) is 19.7. The third-order valence-electron chi connectivity index (χ3n) is 6.66. The van der Waals surface area contributed by atoms with Crippen LogP contribution in [0.4, 0.5) is 5.69 Å². The summed E-state index contributed by atoms with van der Waals surface area (Å²) in [6.07, 6.45) is 2.52. The van der Waals surface area contributed by atoms with Crippen LogP contribution >= 0.6 is 0 Å². The van der Waals surface area contributed by atoms with Crippen molar-refractivity contribution in [3.63, 3.8) is 0 Å². The number of carbonyl (C=O) groups is 1. The Kier molecular flexibility index (Phi) is 5.92. The molecule has 2 heterocycles. The lowest BCUT2D eigenvalue weighted by atomic mass is 9.82. The molecule has 0 saturated carbocycles. The first-order valence-corrected chi connectivity index (χ1v) is 11.5. The van der Waals surface area contributed by atoms with Crippen LogP contribution in [0.15, 0.2) is 59.1 Å². The van der Waals surface area contributed by atoms with Crippen molar-refractivity contribution in [1.82, 2.24) is 14.9 Å². The van der Waals surface area contributed by atoms with Gasteiger partial charge in [0.1, 0.15) is 11.5 Å². The molecule has 174 valence electrons. The van der Waals surface area contributed by atoms with Gasteiger partial charge in [-0.2, -0.15) is 5.10 Å². The fourth-order valence-electron chi connectivity index (χ4n) is 4.79. The number of aryl methyl sites for hydroxylation is 2. The number of amides is 1.